The van der Waals surface area contributed by atoms with Gasteiger partial charge in [-0.2, -0.15) is 0 Å². The van der Waals surface area contributed by atoms with Crippen LogP contribution >= 0.6 is 23.2 Å². The number of benzene rings is 1. The van der Waals surface area contributed by atoms with Crippen molar-refractivity contribution < 1.29 is 10.2 Å². The zero-order valence-corrected chi connectivity index (χ0v) is 11.3. The Morgan fingerprint density at radius 2 is 1.78 bits per heavy atom. The van der Waals surface area contributed by atoms with Gasteiger partial charge < -0.3 is 10.2 Å². The Bertz CT molecular complexity index is 468. The molecule has 2 aliphatic rings. The molecule has 1 saturated heterocycles. The van der Waals surface area contributed by atoms with E-state index < -0.39 is 0 Å². The molecule has 0 bridgehead atoms. The first-order valence-electron chi connectivity index (χ1n) is 6.10. The molecular weight excluding hydrogens is 273 g/mol. The number of hydrogen-bond donors (Lipinski definition) is 2. The molecule has 1 saturated carbocycles. The summed E-state index contributed by atoms with van der Waals surface area (Å²) in [5, 5.41) is 19.8. The Hall–Kier alpha value is -0.480. The summed E-state index contributed by atoms with van der Waals surface area (Å²) in [5.74, 6) is 1.98. The Morgan fingerprint density at radius 3 is 2.39 bits per heavy atom. The number of aliphatic hydroxyl groups is 1. The molecule has 1 aromatic carbocycles. The van der Waals surface area contributed by atoms with Crippen LogP contribution in [0.25, 0.3) is 0 Å². The fourth-order valence-corrected chi connectivity index (χ4v) is 3.43. The van der Waals surface area contributed by atoms with Crippen LogP contribution in [0.15, 0.2) is 12.1 Å². The standard InChI is InChI=1S/C13H15Cl2NO2/c14-11-1-7(13(18)2-12(11)15)3-16-4-8-9(5-16)10(8)6-17/h1-2,8-10,17-18H,3-6H2/t8-,9+,10?. The van der Waals surface area contributed by atoms with Crippen molar-refractivity contribution in [3.05, 3.63) is 27.7 Å². The summed E-state index contributed by atoms with van der Waals surface area (Å²) in [5.41, 5.74) is 0.811. The molecule has 0 radical (unpaired) electrons. The number of likely N-dealkylation sites (tertiary alicyclic amines) is 1. The molecule has 18 heavy (non-hydrogen) atoms. The summed E-state index contributed by atoms with van der Waals surface area (Å²) in [6.45, 7) is 2.99. The molecule has 1 heterocycles. The van der Waals surface area contributed by atoms with Crippen LogP contribution < -0.4 is 0 Å². The number of phenolic OH excluding ortho intramolecular Hbond substituents is 1. The molecule has 1 aromatic rings. The number of aromatic hydroxyl groups is 1. The Morgan fingerprint density at radius 1 is 1.17 bits per heavy atom. The van der Waals surface area contributed by atoms with E-state index >= 15 is 0 Å². The van der Waals surface area contributed by atoms with Gasteiger partial charge in [-0.05, 0) is 23.8 Å². The second-order valence-corrected chi connectivity index (χ2v) is 6.08. The van der Waals surface area contributed by atoms with E-state index in [0.29, 0.717) is 41.0 Å². The molecule has 0 aromatic heterocycles. The highest BCUT2D eigenvalue weighted by Crippen LogP contribution is 2.51. The van der Waals surface area contributed by atoms with Crippen molar-refractivity contribution in [2.24, 2.45) is 17.8 Å². The number of aliphatic hydroxyl groups excluding tert-OH is 1. The van der Waals surface area contributed by atoms with Gasteiger partial charge >= 0.3 is 0 Å². The van der Waals surface area contributed by atoms with Gasteiger partial charge in [0, 0.05) is 37.9 Å². The summed E-state index contributed by atoms with van der Waals surface area (Å²) < 4.78 is 0. The minimum atomic E-state index is 0.198. The first-order valence-corrected chi connectivity index (χ1v) is 6.86. The van der Waals surface area contributed by atoms with Gasteiger partial charge in [-0.25, -0.2) is 0 Å². The molecule has 1 aliphatic heterocycles. The van der Waals surface area contributed by atoms with E-state index in [1.165, 1.54) is 6.07 Å². The van der Waals surface area contributed by atoms with Crippen LogP contribution in [-0.2, 0) is 6.54 Å². The van der Waals surface area contributed by atoms with Crippen LogP contribution in [0.3, 0.4) is 0 Å². The number of nitrogens with zero attached hydrogens (tertiary/aromatic N) is 1. The molecule has 1 unspecified atom stereocenters. The molecule has 1 aliphatic carbocycles. The number of halogens is 2. The molecule has 98 valence electrons. The summed E-state index contributed by atoms with van der Waals surface area (Å²) in [6, 6.07) is 3.22. The van der Waals surface area contributed by atoms with E-state index in [1.54, 1.807) is 6.07 Å². The predicted molar refractivity (Wildman–Crippen MR) is 71.0 cm³/mol. The molecule has 2 N–H and O–H groups in total. The van der Waals surface area contributed by atoms with E-state index in [0.717, 1.165) is 18.7 Å². The summed E-state index contributed by atoms with van der Waals surface area (Å²) in [4.78, 5) is 2.29. The first-order chi connectivity index (χ1) is 8.60. The van der Waals surface area contributed by atoms with Crippen molar-refractivity contribution in [2.75, 3.05) is 19.7 Å². The zero-order valence-electron chi connectivity index (χ0n) is 9.81. The Balaban J connectivity index is 1.66. The largest absolute Gasteiger partial charge is 0.508 e. The monoisotopic (exact) mass is 287 g/mol. The van der Waals surface area contributed by atoms with Crippen molar-refractivity contribution in [1.29, 1.82) is 0 Å². The van der Waals surface area contributed by atoms with Crippen molar-refractivity contribution in [2.45, 2.75) is 6.54 Å². The van der Waals surface area contributed by atoms with Gasteiger partial charge in [0.2, 0.25) is 0 Å². The maximum absolute atomic E-state index is 9.84. The SMILES string of the molecule is OCC1[C@H]2CN(Cc3cc(Cl)c(Cl)cc3O)C[C@@H]12. The third-order valence-electron chi connectivity index (χ3n) is 4.17. The van der Waals surface area contributed by atoms with Crippen LogP contribution in [0.1, 0.15) is 5.56 Å². The topological polar surface area (TPSA) is 43.7 Å². The smallest absolute Gasteiger partial charge is 0.121 e. The van der Waals surface area contributed by atoms with Gasteiger partial charge in [0.25, 0.3) is 0 Å². The van der Waals surface area contributed by atoms with Crippen LogP contribution in [-0.4, -0.2) is 34.8 Å². The van der Waals surface area contributed by atoms with Crippen molar-refractivity contribution >= 4 is 23.2 Å². The lowest BCUT2D eigenvalue weighted by Crippen LogP contribution is -2.24. The van der Waals surface area contributed by atoms with Crippen molar-refractivity contribution in [1.82, 2.24) is 4.90 Å². The number of hydrogen-bond acceptors (Lipinski definition) is 3. The fraction of sp³-hybridized carbons (Fsp3) is 0.538. The van der Waals surface area contributed by atoms with Gasteiger partial charge in [0.15, 0.2) is 0 Å². The highest BCUT2D eigenvalue weighted by molar-refractivity contribution is 6.42. The van der Waals surface area contributed by atoms with Gasteiger partial charge in [0.1, 0.15) is 5.75 Å². The third-order valence-corrected chi connectivity index (χ3v) is 4.90. The van der Waals surface area contributed by atoms with E-state index in [2.05, 4.69) is 4.90 Å². The van der Waals surface area contributed by atoms with Gasteiger partial charge in [-0.15, -0.1) is 0 Å². The molecule has 5 heteroatoms. The van der Waals surface area contributed by atoms with Crippen LogP contribution in [0.5, 0.6) is 5.75 Å². The molecule has 2 fully saturated rings. The van der Waals surface area contributed by atoms with Crippen molar-refractivity contribution in [3.8, 4) is 5.75 Å². The molecule has 0 spiro atoms. The minimum absolute atomic E-state index is 0.198. The third kappa shape index (κ3) is 2.10. The van der Waals surface area contributed by atoms with Crippen LogP contribution in [0.2, 0.25) is 10.0 Å². The molecule has 0 amide bonds. The Kier molecular flexibility index (Phi) is 3.18. The number of phenols is 1. The average molecular weight is 288 g/mol. The zero-order chi connectivity index (χ0) is 12.9. The summed E-state index contributed by atoms with van der Waals surface area (Å²) in [7, 11) is 0. The second-order valence-electron chi connectivity index (χ2n) is 5.26. The fourth-order valence-electron chi connectivity index (χ4n) is 3.08. The maximum atomic E-state index is 9.84. The molecular formula is C13H15Cl2NO2. The van der Waals surface area contributed by atoms with E-state index in [-0.39, 0.29) is 5.75 Å². The van der Waals surface area contributed by atoms with E-state index in [1.807, 2.05) is 0 Å². The average Bonchev–Trinajstić information content (AvgIpc) is 2.80. The number of rotatable bonds is 3. The van der Waals surface area contributed by atoms with Crippen LogP contribution in [0, 0.1) is 17.8 Å². The van der Waals surface area contributed by atoms with Gasteiger partial charge in [0.05, 0.1) is 10.0 Å². The summed E-state index contributed by atoms with van der Waals surface area (Å²) in [6.07, 6.45) is 0. The van der Waals surface area contributed by atoms with E-state index in [9.17, 15) is 5.11 Å². The second kappa shape index (κ2) is 4.57. The highest BCUT2D eigenvalue weighted by atomic mass is 35.5. The molecule has 3 atom stereocenters. The lowest BCUT2D eigenvalue weighted by Gasteiger charge is -2.19. The summed E-state index contributed by atoms with van der Waals surface area (Å²) >= 11 is 11.8. The van der Waals surface area contributed by atoms with Gasteiger partial charge in [-0.1, -0.05) is 23.2 Å². The van der Waals surface area contributed by atoms with Crippen molar-refractivity contribution in [3.63, 3.8) is 0 Å². The van der Waals surface area contributed by atoms with E-state index in [4.69, 9.17) is 28.3 Å². The first kappa shape index (κ1) is 12.5. The maximum Gasteiger partial charge on any atom is 0.121 e. The molecule has 3 nitrogen and oxygen atoms in total. The number of fused-ring (bicyclic) bond motifs is 1. The normalized spacial score (nSPS) is 30.5. The quantitative estimate of drug-likeness (QED) is 0.897. The predicted octanol–water partition coefficient (Wildman–Crippen LogP) is 2.37. The highest BCUT2D eigenvalue weighted by Gasteiger charge is 2.54. The molecule has 3 rings (SSSR count). The van der Waals surface area contributed by atoms with Gasteiger partial charge in [-0.3, -0.25) is 4.90 Å². The minimum Gasteiger partial charge on any atom is -0.508 e. The lowest BCUT2D eigenvalue weighted by molar-refractivity contribution is 0.216. The Labute approximate surface area is 116 Å². The lowest BCUT2D eigenvalue weighted by atomic mass is 10.1. The number of piperidine rings is 1. The van der Waals surface area contributed by atoms with Crippen LogP contribution in [0.4, 0.5) is 0 Å².